The van der Waals surface area contributed by atoms with Gasteiger partial charge in [0, 0.05) is 9.75 Å². The van der Waals surface area contributed by atoms with Crippen molar-refractivity contribution in [2.75, 3.05) is 0 Å². The lowest BCUT2D eigenvalue weighted by Crippen LogP contribution is -1.89. The summed E-state index contributed by atoms with van der Waals surface area (Å²) in [4.78, 5) is 2.48. The smallest absolute Gasteiger partial charge is 0.0704 e. The van der Waals surface area contributed by atoms with E-state index in [1.165, 1.54) is 43.1 Å². The van der Waals surface area contributed by atoms with Crippen molar-refractivity contribution in [1.29, 1.82) is 0 Å². The van der Waals surface area contributed by atoms with Crippen molar-refractivity contribution < 1.29 is 0 Å². The van der Waals surface area contributed by atoms with Crippen LogP contribution < -0.4 is 0 Å². The van der Waals surface area contributed by atoms with Crippen molar-refractivity contribution >= 4 is 78.8 Å². The lowest BCUT2D eigenvalue weighted by Gasteiger charge is -2.12. The summed E-state index contributed by atoms with van der Waals surface area (Å²) < 4.78 is 2.30. The first kappa shape index (κ1) is 21.5. The van der Waals surface area contributed by atoms with Crippen LogP contribution in [0.4, 0.5) is 0 Å². The van der Waals surface area contributed by atoms with Gasteiger partial charge in [-0.3, -0.25) is 0 Å². The SMILES string of the molecule is Cc1ccc(C)c(-c2cc(/C=C/c3ccc(Br)s3)ccc2/C=C/c2ccc(Br)s2)c1. The Hall–Kier alpha value is -1.72. The van der Waals surface area contributed by atoms with Gasteiger partial charge in [0.15, 0.2) is 0 Å². The Morgan fingerprint density at radius 2 is 1.30 bits per heavy atom. The molecule has 0 saturated carbocycles. The normalized spacial score (nSPS) is 11.7. The number of hydrogen-bond donors (Lipinski definition) is 0. The predicted molar refractivity (Wildman–Crippen MR) is 143 cm³/mol. The molecule has 0 atom stereocenters. The van der Waals surface area contributed by atoms with Gasteiger partial charge in [-0.15, -0.1) is 22.7 Å². The van der Waals surface area contributed by atoms with Crippen LogP contribution in [0.15, 0.2) is 68.2 Å². The van der Waals surface area contributed by atoms with Gasteiger partial charge < -0.3 is 0 Å². The van der Waals surface area contributed by atoms with Gasteiger partial charge in [-0.2, -0.15) is 0 Å². The summed E-state index contributed by atoms with van der Waals surface area (Å²) in [7, 11) is 0. The molecule has 0 spiro atoms. The lowest BCUT2D eigenvalue weighted by atomic mass is 9.92. The standard InChI is InChI=1S/C26H20Br2S2/c1-17-3-4-18(2)23(15-17)24-16-19(6-9-21-11-13-25(27)29-21)5-7-20(24)8-10-22-12-14-26(28)30-22/h3-16H,1-2H3/b9-6+,10-8+. The minimum Gasteiger partial charge on any atom is -0.129 e. The molecule has 0 nitrogen and oxygen atoms in total. The Balaban J connectivity index is 1.76. The summed E-state index contributed by atoms with van der Waals surface area (Å²) >= 11 is 10.6. The highest BCUT2D eigenvalue weighted by atomic mass is 79.9. The molecule has 4 rings (SSSR count). The van der Waals surface area contributed by atoms with E-state index >= 15 is 0 Å². The van der Waals surface area contributed by atoms with Gasteiger partial charge in [-0.1, -0.05) is 48.0 Å². The molecule has 0 fully saturated rings. The molecule has 0 aliphatic carbocycles. The maximum atomic E-state index is 3.55. The Labute approximate surface area is 202 Å². The monoisotopic (exact) mass is 554 g/mol. The molecule has 0 aliphatic heterocycles. The number of rotatable bonds is 5. The molecule has 30 heavy (non-hydrogen) atoms. The van der Waals surface area contributed by atoms with Crippen LogP contribution in [0.2, 0.25) is 0 Å². The molecule has 4 aromatic rings. The van der Waals surface area contributed by atoms with Crippen molar-refractivity contribution in [3.63, 3.8) is 0 Å². The van der Waals surface area contributed by atoms with E-state index in [4.69, 9.17) is 0 Å². The van der Waals surface area contributed by atoms with Gasteiger partial charge in [-0.05, 0) is 116 Å². The minimum atomic E-state index is 1.15. The fourth-order valence-electron chi connectivity index (χ4n) is 3.27. The molecule has 2 heterocycles. The Bertz CT molecular complexity index is 1240. The van der Waals surface area contributed by atoms with E-state index in [2.05, 4.69) is 131 Å². The van der Waals surface area contributed by atoms with E-state index in [0.717, 1.165) is 7.57 Å². The number of hydrogen-bond acceptors (Lipinski definition) is 2. The second-order valence-electron chi connectivity index (χ2n) is 7.12. The fourth-order valence-corrected chi connectivity index (χ4v) is 5.92. The quantitative estimate of drug-likeness (QED) is 0.230. The topological polar surface area (TPSA) is 0 Å². The fraction of sp³-hybridized carbons (Fsp3) is 0.0769. The molecular weight excluding hydrogens is 536 g/mol. The largest absolute Gasteiger partial charge is 0.129 e. The van der Waals surface area contributed by atoms with Crippen LogP contribution in [0.25, 0.3) is 35.4 Å². The van der Waals surface area contributed by atoms with E-state index in [1.54, 1.807) is 22.7 Å². The molecule has 0 unspecified atom stereocenters. The lowest BCUT2D eigenvalue weighted by molar-refractivity contribution is 1.39. The van der Waals surface area contributed by atoms with Gasteiger partial charge in [0.1, 0.15) is 0 Å². The average molecular weight is 556 g/mol. The van der Waals surface area contributed by atoms with Gasteiger partial charge >= 0.3 is 0 Å². The van der Waals surface area contributed by atoms with Crippen molar-refractivity contribution in [2.24, 2.45) is 0 Å². The Kier molecular flexibility index (Phi) is 6.89. The molecule has 0 saturated heterocycles. The third-order valence-corrected chi connectivity index (χ3v) is 7.99. The Morgan fingerprint density at radius 3 is 1.93 bits per heavy atom. The molecule has 0 aliphatic rings. The highest BCUT2D eigenvalue weighted by Gasteiger charge is 2.08. The number of thiophene rings is 2. The zero-order chi connectivity index (χ0) is 21.1. The first-order chi connectivity index (χ1) is 14.5. The summed E-state index contributed by atoms with van der Waals surface area (Å²) in [5, 5.41) is 0. The first-order valence-electron chi connectivity index (χ1n) is 9.56. The van der Waals surface area contributed by atoms with E-state index in [-0.39, 0.29) is 0 Å². The summed E-state index contributed by atoms with van der Waals surface area (Å²) in [5.41, 5.74) is 7.54. The van der Waals surface area contributed by atoms with E-state index in [0.29, 0.717) is 0 Å². The number of halogens is 2. The van der Waals surface area contributed by atoms with Crippen LogP contribution in [0.3, 0.4) is 0 Å². The maximum Gasteiger partial charge on any atom is 0.0704 e. The minimum absolute atomic E-state index is 1.15. The average Bonchev–Trinajstić information content (AvgIpc) is 3.34. The molecule has 2 aromatic carbocycles. The molecule has 0 bridgehead atoms. The maximum absolute atomic E-state index is 3.55. The van der Waals surface area contributed by atoms with Gasteiger partial charge in [0.25, 0.3) is 0 Å². The third kappa shape index (κ3) is 5.30. The van der Waals surface area contributed by atoms with Crippen molar-refractivity contribution in [3.05, 3.63) is 100 Å². The van der Waals surface area contributed by atoms with Gasteiger partial charge in [0.05, 0.1) is 7.57 Å². The highest BCUT2D eigenvalue weighted by molar-refractivity contribution is 9.11. The zero-order valence-electron chi connectivity index (χ0n) is 16.7. The third-order valence-electron chi connectivity index (χ3n) is 4.82. The number of aryl methyl sites for hydroxylation is 2. The van der Waals surface area contributed by atoms with Gasteiger partial charge in [-0.25, -0.2) is 0 Å². The molecule has 0 amide bonds. The molecule has 0 N–H and O–H groups in total. The first-order valence-corrected chi connectivity index (χ1v) is 12.8. The predicted octanol–water partition coefficient (Wildman–Crippen LogP) is 9.96. The van der Waals surface area contributed by atoms with Crippen molar-refractivity contribution in [2.45, 2.75) is 13.8 Å². The van der Waals surface area contributed by atoms with Gasteiger partial charge in [0.2, 0.25) is 0 Å². The molecule has 4 heteroatoms. The molecule has 0 radical (unpaired) electrons. The molecular formula is C26H20Br2S2. The van der Waals surface area contributed by atoms with Crippen LogP contribution in [-0.2, 0) is 0 Å². The molecule has 2 aromatic heterocycles. The van der Waals surface area contributed by atoms with Crippen LogP contribution in [0.5, 0.6) is 0 Å². The van der Waals surface area contributed by atoms with Crippen molar-refractivity contribution in [1.82, 2.24) is 0 Å². The van der Waals surface area contributed by atoms with Crippen molar-refractivity contribution in [3.8, 4) is 11.1 Å². The zero-order valence-corrected chi connectivity index (χ0v) is 21.5. The highest BCUT2D eigenvalue weighted by Crippen LogP contribution is 2.32. The summed E-state index contributed by atoms with van der Waals surface area (Å²) in [5.74, 6) is 0. The van der Waals surface area contributed by atoms with Crippen LogP contribution >= 0.6 is 54.5 Å². The van der Waals surface area contributed by atoms with Crippen LogP contribution in [0, 0.1) is 13.8 Å². The van der Waals surface area contributed by atoms with E-state index in [1.807, 2.05) is 0 Å². The summed E-state index contributed by atoms with van der Waals surface area (Å²) in [6, 6.07) is 21.8. The second-order valence-corrected chi connectivity index (χ2v) is 12.1. The van der Waals surface area contributed by atoms with E-state index in [9.17, 15) is 0 Å². The summed E-state index contributed by atoms with van der Waals surface area (Å²) in [6.45, 7) is 4.34. The van der Waals surface area contributed by atoms with Crippen LogP contribution in [0.1, 0.15) is 32.0 Å². The van der Waals surface area contributed by atoms with Crippen LogP contribution in [-0.4, -0.2) is 0 Å². The number of benzene rings is 2. The summed E-state index contributed by atoms with van der Waals surface area (Å²) in [6.07, 6.45) is 8.78. The second kappa shape index (κ2) is 9.61. The Morgan fingerprint density at radius 1 is 0.633 bits per heavy atom. The van der Waals surface area contributed by atoms with E-state index < -0.39 is 0 Å². The molecule has 150 valence electrons.